The summed E-state index contributed by atoms with van der Waals surface area (Å²) in [6, 6.07) is 8.59. The molecule has 2 rings (SSSR count). The molecule has 0 saturated heterocycles. The summed E-state index contributed by atoms with van der Waals surface area (Å²) in [6.07, 6.45) is 0. The van der Waals surface area contributed by atoms with E-state index in [0.29, 0.717) is 16.5 Å². The van der Waals surface area contributed by atoms with Crippen molar-refractivity contribution in [2.45, 2.75) is 0 Å². The van der Waals surface area contributed by atoms with Gasteiger partial charge in [-0.2, -0.15) is 0 Å². The van der Waals surface area contributed by atoms with Crippen LogP contribution in [0.2, 0.25) is 10.0 Å². The van der Waals surface area contributed by atoms with Crippen molar-refractivity contribution in [3.05, 3.63) is 57.8 Å². The molecule has 0 spiro atoms. The summed E-state index contributed by atoms with van der Waals surface area (Å²) in [7, 11) is 1.42. The fraction of sp³-hybridized carbons (Fsp3) is 0.0714. The number of nitrogens with one attached hydrogen (secondary N) is 1. The van der Waals surface area contributed by atoms with Gasteiger partial charge in [0.15, 0.2) is 0 Å². The maximum atomic E-state index is 13.8. The van der Waals surface area contributed by atoms with Crippen molar-refractivity contribution in [1.29, 1.82) is 0 Å². The van der Waals surface area contributed by atoms with Crippen molar-refractivity contribution in [3.8, 4) is 5.75 Å². The monoisotopic (exact) mass is 313 g/mol. The molecule has 0 aliphatic rings. The van der Waals surface area contributed by atoms with Gasteiger partial charge in [-0.25, -0.2) is 4.39 Å². The number of halogens is 3. The fourth-order valence-electron chi connectivity index (χ4n) is 1.59. The van der Waals surface area contributed by atoms with Crippen LogP contribution >= 0.6 is 23.2 Å². The molecule has 0 unspecified atom stereocenters. The van der Waals surface area contributed by atoms with Crippen LogP contribution < -0.4 is 10.1 Å². The van der Waals surface area contributed by atoms with Gasteiger partial charge in [0.05, 0.1) is 23.4 Å². The molecule has 20 heavy (non-hydrogen) atoms. The molecule has 2 aromatic rings. The zero-order valence-corrected chi connectivity index (χ0v) is 11.9. The number of methoxy groups -OCH3 is 1. The van der Waals surface area contributed by atoms with Gasteiger partial charge in [-0.15, -0.1) is 0 Å². The Morgan fingerprint density at radius 1 is 1.20 bits per heavy atom. The summed E-state index contributed by atoms with van der Waals surface area (Å²) in [5, 5.41) is 3.25. The molecule has 104 valence electrons. The van der Waals surface area contributed by atoms with Gasteiger partial charge in [0.1, 0.15) is 11.6 Å². The Morgan fingerprint density at radius 2 is 1.95 bits per heavy atom. The lowest BCUT2D eigenvalue weighted by Crippen LogP contribution is -2.14. The molecule has 0 atom stereocenters. The zero-order chi connectivity index (χ0) is 14.7. The van der Waals surface area contributed by atoms with E-state index in [9.17, 15) is 9.18 Å². The summed E-state index contributed by atoms with van der Waals surface area (Å²) in [6.45, 7) is 0. The Kier molecular flexibility index (Phi) is 4.47. The van der Waals surface area contributed by atoms with Gasteiger partial charge < -0.3 is 10.1 Å². The van der Waals surface area contributed by atoms with E-state index in [1.54, 1.807) is 12.1 Å². The highest BCUT2D eigenvalue weighted by Gasteiger charge is 2.14. The Bertz CT molecular complexity index is 662. The lowest BCUT2D eigenvalue weighted by Gasteiger charge is -2.09. The van der Waals surface area contributed by atoms with Crippen LogP contribution in [0.5, 0.6) is 5.75 Å². The standard InChI is InChI=1S/C14H10Cl2FNO2/c1-20-9-3-4-10(12(17)7-9)14(19)18-13-5-2-8(15)6-11(13)16/h2-7H,1H3,(H,18,19). The van der Waals surface area contributed by atoms with Crippen LogP contribution in [0.3, 0.4) is 0 Å². The molecule has 2 aromatic carbocycles. The average molecular weight is 314 g/mol. The molecule has 0 heterocycles. The van der Waals surface area contributed by atoms with Gasteiger partial charge in [-0.1, -0.05) is 23.2 Å². The highest BCUT2D eigenvalue weighted by molar-refractivity contribution is 6.36. The molecule has 0 aliphatic heterocycles. The van der Waals surface area contributed by atoms with Gasteiger partial charge in [0.2, 0.25) is 0 Å². The number of rotatable bonds is 3. The zero-order valence-electron chi connectivity index (χ0n) is 10.4. The van der Waals surface area contributed by atoms with Crippen LogP contribution in [0.25, 0.3) is 0 Å². The molecule has 3 nitrogen and oxygen atoms in total. The number of benzene rings is 2. The minimum absolute atomic E-state index is 0.100. The minimum atomic E-state index is -0.674. The van der Waals surface area contributed by atoms with Crippen molar-refractivity contribution in [3.63, 3.8) is 0 Å². The molecule has 0 radical (unpaired) electrons. The Morgan fingerprint density at radius 3 is 2.55 bits per heavy atom. The predicted molar refractivity (Wildman–Crippen MR) is 77.4 cm³/mol. The van der Waals surface area contributed by atoms with E-state index in [1.165, 1.54) is 25.3 Å². The van der Waals surface area contributed by atoms with E-state index in [-0.39, 0.29) is 10.6 Å². The highest BCUT2D eigenvalue weighted by atomic mass is 35.5. The number of hydrogen-bond acceptors (Lipinski definition) is 2. The molecular weight excluding hydrogens is 304 g/mol. The van der Waals surface area contributed by atoms with E-state index in [0.717, 1.165) is 6.07 Å². The predicted octanol–water partition coefficient (Wildman–Crippen LogP) is 4.39. The third-order valence-electron chi connectivity index (χ3n) is 2.60. The summed E-state index contributed by atoms with van der Waals surface area (Å²) in [5.41, 5.74) is 0.258. The number of hydrogen-bond donors (Lipinski definition) is 1. The van der Waals surface area contributed by atoms with Gasteiger partial charge in [-0.05, 0) is 30.3 Å². The molecular formula is C14H10Cl2FNO2. The van der Waals surface area contributed by atoms with E-state index in [2.05, 4.69) is 5.32 Å². The van der Waals surface area contributed by atoms with Crippen molar-refractivity contribution in [1.82, 2.24) is 0 Å². The van der Waals surface area contributed by atoms with Crippen LogP contribution in [-0.4, -0.2) is 13.0 Å². The van der Waals surface area contributed by atoms with Crippen molar-refractivity contribution >= 4 is 34.8 Å². The van der Waals surface area contributed by atoms with Crippen molar-refractivity contribution in [2.24, 2.45) is 0 Å². The molecule has 0 aliphatic carbocycles. The summed E-state index contributed by atoms with van der Waals surface area (Å²) in [4.78, 5) is 12.0. The molecule has 0 saturated carbocycles. The van der Waals surface area contributed by atoms with Crippen molar-refractivity contribution in [2.75, 3.05) is 12.4 Å². The first kappa shape index (κ1) is 14.6. The second kappa shape index (κ2) is 6.11. The Labute approximate surface area is 125 Å². The van der Waals surface area contributed by atoms with Gasteiger partial charge in [0, 0.05) is 11.1 Å². The summed E-state index contributed by atoms with van der Waals surface area (Å²) >= 11 is 11.7. The lowest BCUT2D eigenvalue weighted by molar-refractivity contribution is 0.102. The number of amides is 1. The maximum Gasteiger partial charge on any atom is 0.258 e. The minimum Gasteiger partial charge on any atom is -0.497 e. The van der Waals surface area contributed by atoms with Crippen LogP contribution in [0.4, 0.5) is 10.1 Å². The van der Waals surface area contributed by atoms with Gasteiger partial charge in [0.25, 0.3) is 5.91 Å². The van der Waals surface area contributed by atoms with Crippen LogP contribution in [0.1, 0.15) is 10.4 Å². The smallest absolute Gasteiger partial charge is 0.258 e. The SMILES string of the molecule is COc1ccc(C(=O)Nc2ccc(Cl)cc2Cl)c(F)c1. The molecule has 0 fully saturated rings. The number of carbonyl (C=O) groups is 1. The summed E-state index contributed by atoms with van der Waals surface area (Å²) in [5.74, 6) is -0.940. The molecule has 1 N–H and O–H groups in total. The molecule has 0 bridgehead atoms. The van der Waals surface area contributed by atoms with Crippen LogP contribution in [-0.2, 0) is 0 Å². The first-order valence-electron chi connectivity index (χ1n) is 5.61. The van der Waals surface area contributed by atoms with Gasteiger partial charge in [-0.3, -0.25) is 4.79 Å². The van der Waals surface area contributed by atoms with Crippen molar-refractivity contribution < 1.29 is 13.9 Å². The van der Waals surface area contributed by atoms with Crippen LogP contribution in [0, 0.1) is 5.82 Å². The van der Waals surface area contributed by atoms with E-state index in [1.807, 2.05) is 0 Å². The van der Waals surface area contributed by atoms with Crippen LogP contribution in [0.15, 0.2) is 36.4 Å². The quantitative estimate of drug-likeness (QED) is 0.912. The maximum absolute atomic E-state index is 13.8. The lowest BCUT2D eigenvalue weighted by atomic mass is 10.2. The Balaban J connectivity index is 2.24. The topological polar surface area (TPSA) is 38.3 Å². The second-order valence-corrected chi connectivity index (χ2v) is 4.77. The number of anilines is 1. The second-order valence-electron chi connectivity index (χ2n) is 3.92. The largest absolute Gasteiger partial charge is 0.497 e. The molecule has 6 heteroatoms. The fourth-order valence-corrected chi connectivity index (χ4v) is 2.04. The first-order chi connectivity index (χ1) is 9.51. The third-order valence-corrected chi connectivity index (χ3v) is 3.15. The highest BCUT2D eigenvalue weighted by Crippen LogP contribution is 2.26. The molecule has 0 aromatic heterocycles. The van der Waals surface area contributed by atoms with Gasteiger partial charge >= 0.3 is 0 Å². The average Bonchev–Trinajstić information content (AvgIpc) is 2.41. The number of carbonyl (C=O) groups excluding carboxylic acids is 1. The van der Waals surface area contributed by atoms with E-state index < -0.39 is 11.7 Å². The normalized spacial score (nSPS) is 10.2. The number of ether oxygens (including phenoxy) is 1. The van der Waals surface area contributed by atoms with E-state index >= 15 is 0 Å². The Hall–Kier alpha value is -1.78. The first-order valence-corrected chi connectivity index (χ1v) is 6.37. The molecule has 1 amide bonds. The third kappa shape index (κ3) is 3.21. The van der Waals surface area contributed by atoms with E-state index in [4.69, 9.17) is 27.9 Å². The summed E-state index contributed by atoms with van der Waals surface area (Å²) < 4.78 is 18.6.